The predicted octanol–water partition coefficient (Wildman–Crippen LogP) is 14.7. The molecule has 0 saturated heterocycles. The van der Waals surface area contributed by atoms with E-state index in [0.29, 0.717) is 0 Å². The van der Waals surface area contributed by atoms with E-state index in [1.54, 1.807) is 0 Å². The molecule has 0 radical (unpaired) electrons. The number of hydrogen-bond donors (Lipinski definition) is 0. The number of aromatic nitrogens is 2. The van der Waals surface area contributed by atoms with Crippen LogP contribution in [0, 0.1) is 0 Å². The van der Waals surface area contributed by atoms with Crippen molar-refractivity contribution < 1.29 is 0 Å². The number of hydrogen-bond acceptors (Lipinski definition) is 0. The van der Waals surface area contributed by atoms with Gasteiger partial charge in [0.1, 0.15) is 0 Å². The van der Waals surface area contributed by atoms with Gasteiger partial charge in [0.2, 0.25) is 0 Å². The molecule has 0 aliphatic rings. The van der Waals surface area contributed by atoms with E-state index >= 15 is 0 Å². The molecule has 2 heterocycles. The van der Waals surface area contributed by atoms with Gasteiger partial charge in [0.25, 0.3) is 0 Å². The maximum absolute atomic E-state index is 2.52. The van der Waals surface area contributed by atoms with Crippen LogP contribution in [0.15, 0.2) is 206 Å². The van der Waals surface area contributed by atoms with Crippen molar-refractivity contribution in [2.24, 2.45) is 0 Å². The molecule has 0 atom stereocenters. The Morgan fingerprint density at radius 2 is 0.554 bits per heavy atom. The quantitative estimate of drug-likeness (QED) is 0.161. The molecule has 0 unspecified atom stereocenters. The number of nitrogens with zero attached hydrogens (tertiary/aromatic N) is 2. The van der Waals surface area contributed by atoms with Crippen LogP contribution in [0.5, 0.6) is 0 Å². The zero-order chi connectivity index (χ0) is 36.7. The number of fused-ring (bicyclic) bond motifs is 15. The molecule has 2 heteroatoms. The van der Waals surface area contributed by atoms with Crippen LogP contribution in [0.1, 0.15) is 0 Å². The molecule has 2 aromatic heterocycles. The Kier molecular flexibility index (Phi) is 6.66. The Hall–Kier alpha value is -7.42. The highest BCUT2D eigenvalue weighted by atomic mass is 15.0. The first kappa shape index (κ1) is 31.0. The second kappa shape index (κ2) is 12.0. The van der Waals surface area contributed by atoms with Gasteiger partial charge in [-0.05, 0) is 74.8 Å². The van der Waals surface area contributed by atoms with Gasteiger partial charge in [0.05, 0.1) is 22.1 Å². The molecule has 0 amide bonds. The molecule has 0 aliphatic carbocycles. The van der Waals surface area contributed by atoms with Gasteiger partial charge >= 0.3 is 0 Å². The third-order valence-electron chi connectivity index (χ3n) is 11.9. The van der Waals surface area contributed by atoms with E-state index in [1.807, 2.05) is 0 Å². The Bertz CT molecular complexity index is 3480. The lowest BCUT2D eigenvalue weighted by molar-refractivity contribution is 1.19. The monoisotopic (exact) mass is 710 g/mol. The standard InChI is InChI=1S/C54H34N2/c1-3-15-35(16-4-1)37-27-31-39(32-28-37)55-48-26-14-12-24-46(48)52-50-42-20-8-7-19-41(42)49-45-23-11-13-25-47(45)56(40-33-29-38(30-34-40)36-17-5-2-6-18-36)54(49)51(50)43-21-9-10-22-44(43)53(52)55/h1-34H. The summed E-state index contributed by atoms with van der Waals surface area (Å²) in [6.45, 7) is 0. The van der Waals surface area contributed by atoms with Crippen LogP contribution < -0.4 is 0 Å². The Morgan fingerprint density at radius 1 is 0.214 bits per heavy atom. The van der Waals surface area contributed by atoms with E-state index in [0.717, 1.165) is 11.4 Å². The van der Waals surface area contributed by atoms with Gasteiger partial charge in [0, 0.05) is 49.1 Å². The lowest BCUT2D eigenvalue weighted by Gasteiger charge is -2.17. The topological polar surface area (TPSA) is 9.86 Å². The summed E-state index contributed by atoms with van der Waals surface area (Å²) in [4.78, 5) is 0. The fraction of sp³-hybridized carbons (Fsp3) is 0. The Morgan fingerprint density at radius 3 is 1.07 bits per heavy atom. The fourth-order valence-electron chi connectivity index (χ4n) is 9.50. The van der Waals surface area contributed by atoms with Gasteiger partial charge in [0.15, 0.2) is 0 Å². The van der Waals surface area contributed by atoms with Crippen molar-refractivity contribution in [2.45, 2.75) is 0 Å². The summed E-state index contributed by atoms with van der Waals surface area (Å²) in [5, 5.41) is 12.7. The van der Waals surface area contributed by atoms with Crippen LogP contribution in [0.4, 0.5) is 0 Å². The maximum Gasteiger partial charge on any atom is 0.0632 e. The van der Waals surface area contributed by atoms with E-state index in [-0.39, 0.29) is 0 Å². The molecular weight excluding hydrogens is 677 g/mol. The van der Waals surface area contributed by atoms with Crippen molar-refractivity contribution in [3.05, 3.63) is 206 Å². The van der Waals surface area contributed by atoms with Gasteiger partial charge in [-0.2, -0.15) is 0 Å². The van der Waals surface area contributed by atoms with E-state index < -0.39 is 0 Å². The molecule has 260 valence electrons. The minimum Gasteiger partial charge on any atom is -0.309 e. The average Bonchev–Trinajstić information content (AvgIpc) is 3.81. The van der Waals surface area contributed by atoms with E-state index in [4.69, 9.17) is 0 Å². The van der Waals surface area contributed by atoms with E-state index in [2.05, 4.69) is 215 Å². The van der Waals surface area contributed by atoms with Crippen molar-refractivity contribution in [2.75, 3.05) is 0 Å². The summed E-state index contributed by atoms with van der Waals surface area (Å²) in [6.07, 6.45) is 0. The minimum atomic E-state index is 1.15. The van der Waals surface area contributed by atoms with Crippen molar-refractivity contribution in [3.63, 3.8) is 0 Å². The molecule has 12 rings (SSSR count). The first-order valence-electron chi connectivity index (χ1n) is 19.4. The molecule has 0 aliphatic heterocycles. The minimum absolute atomic E-state index is 1.15. The molecule has 10 aromatic carbocycles. The SMILES string of the molecule is c1ccc(-c2ccc(-n3c4ccccc4c4c5c6ccccc6c6c7ccccc7n(-c7ccc(-c8ccccc8)cc7)c6c5c5ccccc5c43)cc2)cc1. The molecule has 2 nitrogen and oxygen atoms in total. The van der Waals surface area contributed by atoms with Crippen LogP contribution in [0.2, 0.25) is 0 Å². The zero-order valence-electron chi connectivity index (χ0n) is 30.5. The van der Waals surface area contributed by atoms with Gasteiger partial charge in [-0.1, -0.05) is 170 Å². The normalized spacial score (nSPS) is 11.9. The van der Waals surface area contributed by atoms with Crippen molar-refractivity contribution in [3.8, 4) is 33.6 Å². The Labute approximate surface area is 323 Å². The van der Waals surface area contributed by atoms with E-state index in [9.17, 15) is 0 Å². The van der Waals surface area contributed by atoms with Crippen LogP contribution >= 0.6 is 0 Å². The molecule has 56 heavy (non-hydrogen) atoms. The van der Waals surface area contributed by atoms with E-state index in [1.165, 1.54) is 98.2 Å². The smallest absolute Gasteiger partial charge is 0.0632 e. The van der Waals surface area contributed by atoms with Gasteiger partial charge in [-0.3, -0.25) is 0 Å². The van der Waals surface area contributed by atoms with Crippen LogP contribution in [-0.4, -0.2) is 9.13 Å². The summed E-state index contributed by atoms with van der Waals surface area (Å²) in [6, 6.07) is 75.5. The highest BCUT2D eigenvalue weighted by Crippen LogP contribution is 2.50. The summed E-state index contributed by atoms with van der Waals surface area (Å²) in [5.41, 5.74) is 12.1. The second-order valence-electron chi connectivity index (χ2n) is 14.8. The summed E-state index contributed by atoms with van der Waals surface area (Å²) in [5.74, 6) is 0. The molecule has 0 bridgehead atoms. The number of benzene rings is 10. The number of rotatable bonds is 4. The lowest BCUT2D eigenvalue weighted by Crippen LogP contribution is -1.97. The number of para-hydroxylation sites is 2. The maximum atomic E-state index is 2.52. The van der Waals surface area contributed by atoms with Crippen LogP contribution in [0.3, 0.4) is 0 Å². The zero-order valence-corrected chi connectivity index (χ0v) is 30.5. The third kappa shape index (κ3) is 4.38. The fourth-order valence-corrected chi connectivity index (χ4v) is 9.50. The van der Waals surface area contributed by atoms with Gasteiger partial charge in [-0.25, -0.2) is 0 Å². The van der Waals surface area contributed by atoms with Crippen molar-refractivity contribution >= 4 is 75.9 Å². The highest BCUT2D eigenvalue weighted by molar-refractivity contribution is 6.44. The lowest BCUT2D eigenvalue weighted by atomic mass is 9.90. The average molecular weight is 711 g/mol. The van der Waals surface area contributed by atoms with Gasteiger partial charge in [-0.15, -0.1) is 0 Å². The van der Waals surface area contributed by atoms with Crippen molar-refractivity contribution in [1.29, 1.82) is 0 Å². The molecule has 12 aromatic rings. The highest BCUT2D eigenvalue weighted by Gasteiger charge is 2.25. The summed E-state index contributed by atoms with van der Waals surface area (Å²) < 4.78 is 5.02. The summed E-state index contributed by atoms with van der Waals surface area (Å²) in [7, 11) is 0. The van der Waals surface area contributed by atoms with Crippen LogP contribution in [0.25, 0.3) is 110 Å². The molecule has 0 saturated carbocycles. The first-order valence-corrected chi connectivity index (χ1v) is 19.4. The van der Waals surface area contributed by atoms with Crippen LogP contribution in [-0.2, 0) is 0 Å². The predicted molar refractivity (Wildman–Crippen MR) is 239 cm³/mol. The first-order chi connectivity index (χ1) is 27.8. The molecule has 0 N–H and O–H groups in total. The van der Waals surface area contributed by atoms with Gasteiger partial charge < -0.3 is 9.13 Å². The molecular formula is C54H34N2. The molecule has 0 spiro atoms. The Balaban J connectivity index is 1.27. The largest absolute Gasteiger partial charge is 0.309 e. The second-order valence-corrected chi connectivity index (χ2v) is 14.8. The van der Waals surface area contributed by atoms with Crippen molar-refractivity contribution in [1.82, 2.24) is 9.13 Å². The third-order valence-corrected chi connectivity index (χ3v) is 11.9. The summed E-state index contributed by atoms with van der Waals surface area (Å²) >= 11 is 0. The molecule has 0 fully saturated rings.